The molecule has 4 nitrogen and oxygen atoms in total. The number of ether oxygens (including phenoxy) is 1. The summed E-state index contributed by atoms with van der Waals surface area (Å²) in [5, 5.41) is 2.82. The van der Waals surface area contributed by atoms with Gasteiger partial charge in [-0.3, -0.25) is 0 Å². The molecule has 1 N–H and O–H groups in total. The molecule has 18 heavy (non-hydrogen) atoms. The second-order valence-corrected chi connectivity index (χ2v) is 4.46. The molecular weight excluding hydrogens is 301 g/mol. The number of anilines is 1. The van der Waals surface area contributed by atoms with E-state index in [0.717, 1.165) is 0 Å². The predicted octanol–water partition coefficient (Wildman–Crippen LogP) is 3.52. The molecule has 0 aliphatic rings. The number of hydrogen-bond donors (Lipinski definition) is 1. The van der Waals surface area contributed by atoms with Crippen molar-refractivity contribution >= 4 is 21.9 Å². The largest absolute Gasteiger partial charge is 0.438 e. The van der Waals surface area contributed by atoms with Gasteiger partial charge in [0.05, 0.1) is 10.7 Å². The van der Waals surface area contributed by atoms with E-state index >= 15 is 0 Å². The van der Waals surface area contributed by atoms with Crippen molar-refractivity contribution in [3.05, 3.63) is 40.2 Å². The van der Waals surface area contributed by atoms with Crippen molar-refractivity contribution in [1.29, 1.82) is 0 Å². The van der Waals surface area contributed by atoms with Gasteiger partial charge in [-0.05, 0) is 46.6 Å². The molecule has 0 spiro atoms. The smallest absolute Gasteiger partial charge is 0.238 e. The van der Waals surface area contributed by atoms with Crippen LogP contribution in [0.25, 0.3) is 0 Å². The summed E-state index contributed by atoms with van der Waals surface area (Å²) >= 11 is 3.30. The minimum Gasteiger partial charge on any atom is -0.438 e. The van der Waals surface area contributed by atoms with Gasteiger partial charge >= 0.3 is 0 Å². The number of rotatable bonds is 3. The highest BCUT2D eigenvalue weighted by atomic mass is 79.9. The lowest BCUT2D eigenvalue weighted by Gasteiger charge is -2.08. The molecule has 0 amide bonds. The molecule has 1 aromatic heterocycles. The average molecular weight is 312 g/mol. The monoisotopic (exact) mass is 311 g/mol. The van der Waals surface area contributed by atoms with E-state index in [-0.39, 0.29) is 5.82 Å². The first-order valence-electron chi connectivity index (χ1n) is 5.24. The fourth-order valence-corrected chi connectivity index (χ4v) is 1.61. The molecule has 0 bridgehead atoms. The van der Waals surface area contributed by atoms with E-state index in [9.17, 15) is 4.39 Å². The molecule has 2 rings (SSSR count). The highest BCUT2D eigenvalue weighted by Gasteiger charge is 2.08. The van der Waals surface area contributed by atoms with Gasteiger partial charge in [0, 0.05) is 7.05 Å². The molecule has 1 aromatic carbocycles. The van der Waals surface area contributed by atoms with Crippen LogP contribution in [0.3, 0.4) is 0 Å². The van der Waals surface area contributed by atoms with Gasteiger partial charge in [-0.1, -0.05) is 0 Å². The van der Waals surface area contributed by atoms with E-state index in [4.69, 9.17) is 4.74 Å². The molecule has 6 heteroatoms. The van der Waals surface area contributed by atoms with Crippen molar-refractivity contribution in [3.63, 3.8) is 0 Å². The number of nitrogens with one attached hydrogen (secondary N) is 1. The Balaban J connectivity index is 2.30. The van der Waals surface area contributed by atoms with Crippen LogP contribution < -0.4 is 10.1 Å². The van der Waals surface area contributed by atoms with Gasteiger partial charge < -0.3 is 10.1 Å². The molecule has 94 valence electrons. The van der Waals surface area contributed by atoms with Crippen molar-refractivity contribution in [3.8, 4) is 11.6 Å². The van der Waals surface area contributed by atoms with E-state index in [1.165, 1.54) is 6.07 Å². The Labute approximate surface area is 112 Å². The van der Waals surface area contributed by atoms with E-state index in [2.05, 4.69) is 31.2 Å². The SMILES string of the molecule is CNc1ncc(Br)c(Oc2ccc(F)c(C)c2)n1. The summed E-state index contributed by atoms with van der Waals surface area (Å²) in [6, 6.07) is 4.53. The molecule has 0 fully saturated rings. The summed E-state index contributed by atoms with van der Waals surface area (Å²) in [6.45, 7) is 1.68. The van der Waals surface area contributed by atoms with Gasteiger partial charge in [-0.15, -0.1) is 0 Å². The number of hydrogen-bond acceptors (Lipinski definition) is 4. The molecule has 0 unspecified atom stereocenters. The zero-order valence-corrected chi connectivity index (χ0v) is 11.5. The molecule has 0 radical (unpaired) electrons. The third-order valence-electron chi connectivity index (χ3n) is 2.28. The number of halogens is 2. The van der Waals surface area contributed by atoms with Gasteiger partial charge in [-0.25, -0.2) is 9.37 Å². The lowest BCUT2D eigenvalue weighted by molar-refractivity contribution is 0.456. The molecule has 0 saturated heterocycles. The van der Waals surface area contributed by atoms with Crippen LogP contribution >= 0.6 is 15.9 Å². The van der Waals surface area contributed by atoms with E-state index in [1.807, 2.05) is 0 Å². The first-order valence-corrected chi connectivity index (χ1v) is 6.03. The third-order valence-corrected chi connectivity index (χ3v) is 2.82. The molecule has 0 aliphatic carbocycles. The van der Waals surface area contributed by atoms with Crippen molar-refractivity contribution in [2.75, 3.05) is 12.4 Å². The van der Waals surface area contributed by atoms with Crippen LogP contribution in [-0.2, 0) is 0 Å². The lowest BCUT2D eigenvalue weighted by atomic mass is 10.2. The fourth-order valence-electron chi connectivity index (χ4n) is 1.34. The normalized spacial score (nSPS) is 10.2. The predicted molar refractivity (Wildman–Crippen MR) is 70.5 cm³/mol. The third kappa shape index (κ3) is 2.76. The second kappa shape index (κ2) is 5.30. The molecule has 0 saturated carbocycles. The van der Waals surface area contributed by atoms with Crippen LogP contribution in [0.5, 0.6) is 11.6 Å². The van der Waals surface area contributed by atoms with Gasteiger partial charge in [0.2, 0.25) is 11.8 Å². The van der Waals surface area contributed by atoms with Crippen molar-refractivity contribution in [1.82, 2.24) is 9.97 Å². The quantitative estimate of drug-likeness (QED) is 0.942. The van der Waals surface area contributed by atoms with Crippen molar-refractivity contribution in [2.45, 2.75) is 6.92 Å². The average Bonchev–Trinajstić information content (AvgIpc) is 2.36. The number of benzene rings is 1. The van der Waals surface area contributed by atoms with E-state index in [1.54, 1.807) is 32.3 Å². The van der Waals surface area contributed by atoms with Crippen LogP contribution in [0, 0.1) is 12.7 Å². The van der Waals surface area contributed by atoms with Crippen molar-refractivity contribution < 1.29 is 9.13 Å². The maximum absolute atomic E-state index is 13.1. The van der Waals surface area contributed by atoms with Crippen LogP contribution in [0.1, 0.15) is 5.56 Å². The number of aromatic nitrogens is 2. The van der Waals surface area contributed by atoms with E-state index < -0.39 is 0 Å². The zero-order valence-electron chi connectivity index (χ0n) is 9.87. The van der Waals surface area contributed by atoms with Crippen molar-refractivity contribution in [2.24, 2.45) is 0 Å². The molecular formula is C12H11BrFN3O. The molecule has 1 heterocycles. The first-order chi connectivity index (χ1) is 8.60. The van der Waals surface area contributed by atoms with Crippen LogP contribution in [0.4, 0.5) is 10.3 Å². The Morgan fingerprint density at radius 2 is 2.17 bits per heavy atom. The Morgan fingerprint density at radius 1 is 1.39 bits per heavy atom. The highest BCUT2D eigenvalue weighted by molar-refractivity contribution is 9.10. The van der Waals surface area contributed by atoms with Gasteiger partial charge in [0.15, 0.2) is 0 Å². The Bertz CT molecular complexity index is 577. The van der Waals surface area contributed by atoms with Crippen LogP contribution in [0.15, 0.2) is 28.9 Å². The highest BCUT2D eigenvalue weighted by Crippen LogP contribution is 2.28. The number of nitrogens with zero attached hydrogens (tertiary/aromatic N) is 2. The summed E-state index contributed by atoms with van der Waals surface area (Å²) in [6.07, 6.45) is 1.59. The maximum Gasteiger partial charge on any atom is 0.238 e. The summed E-state index contributed by atoms with van der Waals surface area (Å²) in [5.74, 6) is 1.09. The molecule has 0 aliphatic heterocycles. The van der Waals surface area contributed by atoms with Gasteiger partial charge in [0.25, 0.3) is 0 Å². The van der Waals surface area contributed by atoms with Gasteiger partial charge in [0.1, 0.15) is 11.6 Å². The van der Waals surface area contributed by atoms with E-state index in [0.29, 0.717) is 27.6 Å². The zero-order chi connectivity index (χ0) is 13.1. The Morgan fingerprint density at radius 3 is 2.83 bits per heavy atom. The summed E-state index contributed by atoms with van der Waals surface area (Å²) in [5.41, 5.74) is 0.520. The van der Waals surface area contributed by atoms with Gasteiger partial charge in [-0.2, -0.15) is 4.98 Å². The summed E-state index contributed by atoms with van der Waals surface area (Å²) in [7, 11) is 1.72. The molecule has 0 atom stereocenters. The summed E-state index contributed by atoms with van der Waals surface area (Å²) < 4.78 is 19.3. The number of aryl methyl sites for hydroxylation is 1. The fraction of sp³-hybridized carbons (Fsp3) is 0.167. The summed E-state index contributed by atoms with van der Waals surface area (Å²) in [4.78, 5) is 8.17. The van der Waals surface area contributed by atoms with Crippen LogP contribution in [-0.4, -0.2) is 17.0 Å². The standard InChI is InChI=1S/C12H11BrFN3O/c1-7-5-8(3-4-10(7)14)18-11-9(13)6-16-12(15-2)17-11/h3-6H,1-2H3,(H,15,16,17). The maximum atomic E-state index is 13.1. The van der Waals surface area contributed by atoms with Crippen LogP contribution in [0.2, 0.25) is 0 Å². The minimum atomic E-state index is -0.264. The topological polar surface area (TPSA) is 47.0 Å². The lowest BCUT2D eigenvalue weighted by Crippen LogP contribution is -1.98. The Kier molecular flexibility index (Phi) is 3.76. The Hall–Kier alpha value is -1.69. The first kappa shape index (κ1) is 12.8. The minimum absolute atomic E-state index is 0.264. The molecule has 2 aromatic rings. The second-order valence-electron chi connectivity index (χ2n) is 3.61.